The smallest absolute Gasteiger partial charge is 0.314 e. The molecule has 0 aromatic carbocycles. The summed E-state index contributed by atoms with van der Waals surface area (Å²) in [5.74, 6) is 0.720. The molecule has 0 heterocycles. The highest BCUT2D eigenvalue weighted by molar-refractivity contribution is 5.77. The molecule has 3 nitrogen and oxygen atoms in total. The lowest BCUT2D eigenvalue weighted by Crippen LogP contribution is -2.42. The lowest BCUT2D eigenvalue weighted by atomic mass is 9.73. The maximum atomic E-state index is 12.5. The molecule has 0 rings (SSSR count). The fourth-order valence-electron chi connectivity index (χ4n) is 2.18. The molecule has 3 heteroatoms. The van der Waals surface area contributed by atoms with E-state index in [0.29, 0.717) is 19.1 Å². The van der Waals surface area contributed by atoms with Crippen molar-refractivity contribution in [3.8, 4) is 0 Å². The van der Waals surface area contributed by atoms with Gasteiger partial charge in [0.15, 0.2) is 0 Å². The van der Waals surface area contributed by atoms with E-state index < -0.39 is 5.41 Å². The van der Waals surface area contributed by atoms with Crippen LogP contribution < -0.4 is 0 Å². The van der Waals surface area contributed by atoms with Crippen LogP contribution in [-0.4, -0.2) is 26.3 Å². The van der Waals surface area contributed by atoms with Gasteiger partial charge in [-0.2, -0.15) is 0 Å². The molecule has 0 bridgehead atoms. The zero-order valence-electron chi connectivity index (χ0n) is 13.6. The number of hydrogen-bond acceptors (Lipinski definition) is 3. The van der Waals surface area contributed by atoms with Crippen molar-refractivity contribution in [1.82, 2.24) is 0 Å². The molecule has 0 amide bonds. The summed E-state index contributed by atoms with van der Waals surface area (Å²) in [6.07, 6.45) is 3.82. The molecule has 0 aromatic rings. The Balaban J connectivity index is 4.82. The van der Waals surface area contributed by atoms with Crippen molar-refractivity contribution < 1.29 is 14.3 Å². The zero-order chi connectivity index (χ0) is 14.9. The number of hydrogen-bond donors (Lipinski definition) is 0. The summed E-state index contributed by atoms with van der Waals surface area (Å²) >= 11 is 0. The summed E-state index contributed by atoms with van der Waals surface area (Å²) in [6, 6.07) is 0. The molecule has 0 aromatic heterocycles. The van der Waals surface area contributed by atoms with Crippen molar-refractivity contribution in [3.05, 3.63) is 0 Å². The molecule has 0 aliphatic rings. The molecule has 0 spiro atoms. The van der Waals surface area contributed by atoms with E-state index in [1.165, 1.54) is 0 Å². The SMILES string of the molecule is CCCCOC(=O)C(CCC(C)C)(COC)C(C)C. The largest absolute Gasteiger partial charge is 0.465 e. The first kappa shape index (κ1) is 18.4. The minimum atomic E-state index is -0.493. The summed E-state index contributed by atoms with van der Waals surface area (Å²) in [6.45, 7) is 11.6. The molecule has 0 radical (unpaired) electrons. The Hall–Kier alpha value is -0.570. The van der Waals surface area contributed by atoms with Crippen LogP contribution in [0.3, 0.4) is 0 Å². The molecule has 0 N–H and O–H groups in total. The van der Waals surface area contributed by atoms with Gasteiger partial charge in [0.2, 0.25) is 0 Å². The number of carbonyl (C=O) groups is 1. The molecular formula is C16H32O3. The highest BCUT2D eigenvalue weighted by Crippen LogP contribution is 2.36. The van der Waals surface area contributed by atoms with E-state index in [-0.39, 0.29) is 11.9 Å². The van der Waals surface area contributed by atoms with E-state index in [1.54, 1.807) is 7.11 Å². The molecule has 0 saturated heterocycles. The van der Waals surface area contributed by atoms with Gasteiger partial charge in [0, 0.05) is 7.11 Å². The Morgan fingerprint density at radius 1 is 1.21 bits per heavy atom. The normalized spacial score (nSPS) is 14.7. The molecular weight excluding hydrogens is 240 g/mol. The second kappa shape index (κ2) is 9.35. The Bertz CT molecular complexity index is 248. The summed E-state index contributed by atoms with van der Waals surface area (Å²) < 4.78 is 10.8. The van der Waals surface area contributed by atoms with Gasteiger partial charge in [-0.25, -0.2) is 0 Å². The van der Waals surface area contributed by atoms with Crippen molar-refractivity contribution in [3.63, 3.8) is 0 Å². The monoisotopic (exact) mass is 272 g/mol. The lowest BCUT2D eigenvalue weighted by molar-refractivity contribution is -0.164. The molecule has 1 atom stereocenters. The fourth-order valence-corrected chi connectivity index (χ4v) is 2.18. The van der Waals surface area contributed by atoms with E-state index in [4.69, 9.17) is 9.47 Å². The van der Waals surface area contributed by atoms with Gasteiger partial charge in [0.05, 0.1) is 18.6 Å². The number of rotatable bonds is 10. The zero-order valence-corrected chi connectivity index (χ0v) is 13.6. The maximum absolute atomic E-state index is 12.5. The van der Waals surface area contributed by atoms with E-state index in [0.717, 1.165) is 25.7 Å². The molecule has 114 valence electrons. The second-order valence-electron chi connectivity index (χ2n) is 6.17. The highest BCUT2D eigenvalue weighted by atomic mass is 16.5. The van der Waals surface area contributed by atoms with Crippen LogP contribution in [0.2, 0.25) is 0 Å². The molecule has 19 heavy (non-hydrogen) atoms. The van der Waals surface area contributed by atoms with E-state index in [9.17, 15) is 4.79 Å². The van der Waals surface area contributed by atoms with Crippen LogP contribution in [-0.2, 0) is 14.3 Å². The Morgan fingerprint density at radius 2 is 1.84 bits per heavy atom. The van der Waals surface area contributed by atoms with E-state index in [1.807, 2.05) is 0 Å². The lowest BCUT2D eigenvalue weighted by Gasteiger charge is -2.35. The Morgan fingerprint density at radius 3 is 2.26 bits per heavy atom. The summed E-state index contributed by atoms with van der Waals surface area (Å²) in [5.41, 5.74) is -0.493. The van der Waals surface area contributed by atoms with Crippen molar-refractivity contribution in [1.29, 1.82) is 0 Å². The van der Waals surface area contributed by atoms with Crippen LogP contribution in [0, 0.1) is 17.3 Å². The van der Waals surface area contributed by atoms with Crippen LogP contribution in [0.1, 0.15) is 60.3 Å². The molecule has 0 saturated carbocycles. The van der Waals surface area contributed by atoms with E-state index in [2.05, 4.69) is 34.6 Å². The van der Waals surface area contributed by atoms with Gasteiger partial charge in [0.1, 0.15) is 0 Å². The van der Waals surface area contributed by atoms with Gasteiger partial charge >= 0.3 is 5.97 Å². The number of carbonyl (C=O) groups excluding carboxylic acids is 1. The fraction of sp³-hybridized carbons (Fsp3) is 0.938. The third-order valence-electron chi connectivity index (χ3n) is 3.81. The van der Waals surface area contributed by atoms with Gasteiger partial charge in [0.25, 0.3) is 0 Å². The van der Waals surface area contributed by atoms with Crippen LogP contribution in [0.15, 0.2) is 0 Å². The standard InChI is InChI=1S/C16H32O3/c1-7-8-11-19-15(17)16(12-18-6,14(4)5)10-9-13(2)3/h13-14H,7-12H2,1-6H3. The van der Waals surface area contributed by atoms with Crippen LogP contribution in [0.25, 0.3) is 0 Å². The quantitative estimate of drug-likeness (QED) is 0.444. The van der Waals surface area contributed by atoms with Gasteiger partial charge in [-0.05, 0) is 31.1 Å². The summed E-state index contributed by atoms with van der Waals surface area (Å²) in [4.78, 5) is 12.5. The van der Waals surface area contributed by atoms with Gasteiger partial charge < -0.3 is 9.47 Å². The van der Waals surface area contributed by atoms with Gasteiger partial charge in [-0.3, -0.25) is 4.79 Å². The first-order valence-corrected chi connectivity index (χ1v) is 7.56. The first-order valence-electron chi connectivity index (χ1n) is 7.56. The Kier molecular flexibility index (Phi) is 9.07. The Labute approximate surface area is 119 Å². The minimum absolute atomic E-state index is 0.0848. The number of esters is 1. The minimum Gasteiger partial charge on any atom is -0.465 e. The third-order valence-corrected chi connectivity index (χ3v) is 3.81. The summed E-state index contributed by atoms with van der Waals surface area (Å²) in [7, 11) is 1.66. The van der Waals surface area contributed by atoms with Crippen molar-refractivity contribution in [2.24, 2.45) is 17.3 Å². The number of unbranched alkanes of at least 4 members (excludes halogenated alkanes) is 1. The number of methoxy groups -OCH3 is 1. The molecule has 0 aliphatic carbocycles. The second-order valence-corrected chi connectivity index (χ2v) is 6.17. The van der Waals surface area contributed by atoms with Gasteiger partial charge in [-0.15, -0.1) is 0 Å². The van der Waals surface area contributed by atoms with E-state index >= 15 is 0 Å². The van der Waals surface area contributed by atoms with Crippen molar-refractivity contribution in [2.45, 2.75) is 60.3 Å². The van der Waals surface area contributed by atoms with Crippen LogP contribution in [0.4, 0.5) is 0 Å². The van der Waals surface area contributed by atoms with Gasteiger partial charge in [-0.1, -0.05) is 41.0 Å². The predicted octanol–water partition coefficient (Wildman–Crippen LogP) is 4.05. The average Bonchev–Trinajstić information content (AvgIpc) is 2.34. The molecule has 0 aliphatic heterocycles. The molecule has 0 fully saturated rings. The average molecular weight is 272 g/mol. The summed E-state index contributed by atoms with van der Waals surface area (Å²) in [5, 5.41) is 0. The predicted molar refractivity (Wildman–Crippen MR) is 79.1 cm³/mol. The highest BCUT2D eigenvalue weighted by Gasteiger charge is 2.42. The topological polar surface area (TPSA) is 35.5 Å². The van der Waals surface area contributed by atoms with Crippen molar-refractivity contribution in [2.75, 3.05) is 20.3 Å². The van der Waals surface area contributed by atoms with Crippen LogP contribution in [0.5, 0.6) is 0 Å². The maximum Gasteiger partial charge on any atom is 0.314 e. The van der Waals surface area contributed by atoms with Crippen LogP contribution >= 0.6 is 0 Å². The molecule has 1 unspecified atom stereocenters. The van der Waals surface area contributed by atoms with Crippen molar-refractivity contribution >= 4 is 5.97 Å². The first-order chi connectivity index (χ1) is 8.90. The number of ether oxygens (including phenoxy) is 2. The third kappa shape index (κ3) is 5.94.